The summed E-state index contributed by atoms with van der Waals surface area (Å²) >= 11 is 0. The number of piperidine rings is 1. The highest BCUT2D eigenvalue weighted by atomic mass is 16.6. The smallest absolute Gasteiger partial charge is 0.414 e. The zero-order chi connectivity index (χ0) is 17.3. The van der Waals surface area contributed by atoms with Gasteiger partial charge < -0.3 is 9.84 Å². The van der Waals surface area contributed by atoms with Crippen molar-refractivity contribution >= 4 is 6.09 Å². The lowest BCUT2D eigenvalue weighted by molar-refractivity contribution is -0.0386. The molecule has 0 saturated carbocycles. The zero-order valence-electron chi connectivity index (χ0n) is 14.5. The standard InChI is InChI=1S/C18H26N2O3/c1-6-14-12-18(22,15-9-7-8-10-19-15)11-13(2)20(14)16(21)23-17(3,4)5/h6-10,13,22H,11-12H2,1-5H3/b14-6-. The highest BCUT2D eigenvalue weighted by Crippen LogP contribution is 2.40. The Balaban J connectivity index is 2.27. The Hall–Kier alpha value is -1.88. The minimum atomic E-state index is -1.07. The molecule has 126 valence electrons. The van der Waals surface area contributed by atoms with Crippen LogP contribution in [0, 0.1) is 0 Å². The Bertz CT molecular complexity index is 592. The van der Waals surface area contributed by atoms with E-state index in [1.807, 2.05) is 58.9 Å². The molecule has 1 fully saturated rings. The van der Waals surface area contributed by atoms with Crippen LogP contribution in [0.5, 0.6) is 0 Å². The molecule has 0 aromatic carbocycles. The van der Waals surface area contributed by atoms with Crippen molar-refractivity contribution in [1.82, 2.24) is 9.88 Å². The molecule has 0 spiro atoms. The summed E-state index contributed by atoms with van der Waals surface area (Å²) in [6.07, 6.45) is 3.91. The molecule has 2 rings (SSSR count). The van der Waals surface area contributed by atoms with E-state index >= 15 is 0 Å². The average Bonchev–Trinajstić information content (AvgIpc) is 2.45. The molecule has 5 heteroatoms. The first-order valence-electron chi connectivity index (χ1n) is 7.97. The summed E-state index contributed by atoms with van der Waals surface area (Å²) in [7, 11) is 0. The lowest BCUT2D eigenvalue weighted by atomic mass is 9.82. The first-order valence-corrected chi connectivity index (χ1v) is 7.97. The fourth-order valence-corrected chi connectivity index (χ4v) is 3.00. The Morgan fingerprint density at radius 3 is 2.70 bits per heavy atom. The monoisotopic (exact) mass is 318 g/mol. The van der Waals surface area contributed by atoms with Gasteiger partial charge in [0.1, 0.15) is 11.2 Å². The van der Waals surface area contributed by atoms with Gasteiger partial charge in [-0.2, -0.15) is 0 Å². The lowest BCUT2D eigenvalue weighted by Gasteiger charge is -2.44. The van der Waals surface area contributed by atoms with E-state index in [1.165, 1.54) is 0 Å². The molecule has 1 saturated heterocycles. The van der Waals surface area contributed by atoms with E-state index in [9.17, 15) is 9.90 Å². The second kappa shape index (κ2) is 6.32. The Morgan fingerprint density at radius 1 is 1.48 bits per heavy atom. The number of amides is 1. The highest BCUT2D eigenvalue weighted by molar-refractivity contribution is 5.71. The maximum Gasteiger partial charge on any atom is 0.414 e. The first-order chi connectivity index (χ1) is 10.7. The van der Waals surface area contributed by atoms with Crippen molar-refractivity contribution in [3.63, 3.8) is 0 Å². The molecule has 1 aliphatic rings. The van der Waals surface area contributed by atoms with Crippen LogP contribution in [0.15, 0.2) is 36.2 Å². The predicted octanol–water partition coefficient (Wildman–Crippen LogP) is 3.59. The minimum Gasteiger partial charge on any atom is -0.443 e. The molecule has 5 nitrogen and oxygen atoms in total. The van der Waals surface area contributed by atoms with Crippen LogP contribution < -0.4 is 0 Å². The number of allylic oxidation sites excluding steroid dienone is 1. The van der Waals surface area contributed by atoms with Gasteiger partial charge in [-0.05, 0) is 46.8 Å². The number of pyridine rings is 1. The molecule has 1 aliphatic heterocycles. The van der Waals surface area contributed by atoms with E-state index in [1.54, 1.807) is 11.1 Å². The molecule has 2 heterocycles. The number of hydrogen-bond acceptors (Lipinski definition) is 4. The highest BCUT2D eigenvalue weighted by Gasteiger charge is 2.44. The van der Waals surface area contributed by atoms with Gasteiger partial charge in [0.25, 0.3) is 0 Å². The number of carbonyl (C=O) groups excluding carboxylic acids is 1. The quantitative estimate of drug-likeness (QED) is 0.859. The van der Waals surface area contributed by atoms with E-state index in [0.29, 0.717) is 18.5 Å². The number of aliphatic hydroxyl groups is 1. The van der Waals surface area contributed by atoms with Crippen LogP contribution in [0.2, 0.25) is 0 Å². The van der Waals surface area contributed by atoms with Crippen LogP contribution in [0.4, 0.5) is 4.79 Å². The molecule has 1 amide bonds. The fraction of sp³-hybridized carbons (Fsp3) is 0.556. The number of ether oxygens (including phenoxy) is 1. The summed E-state index contributed by atoms with van der Waals surface area (Å²) in [5, 5.41) is 11.1. The molecule has 0 bridgehead atoms. The van der Waals surface area contributed by atoms with Crippen molar-refractivity contribution < 1.29 is 14.6 Å². The maximum absolute atomic E-state index is 12.5. The van der Waals surface area contributed by atoms with Gasteiger partial charge in [0.05, 0.1) is 5.69 Å². The van der Waals surface area contributed by atoms with E-state index in [2.05, 4.69) is 4.98 Å². The van der Waals surface area contributed by atoms with Crippen molar-refractivity contribution in [2.75, 3.05) is 0 Å². The van der Waals surface area contributed by atoms with E-state index < -0.39 is 11.2 Å². The molecule has 1 aromatic rings. The molecule has 0 radical (unpaired) electrons. The van der Waals surface area contributed by atoms with Crippen LogP contribution in [-0.2, 0) is 10.3 Å². The summed E-state index contributed by atoms with van der Waals surface area (Å²) in [5.41, 5.74) is -0.230. The van der Waals surface area contributed by atoms with Gasteiger partial charge in [-0.1, -0.05) is 12.1 Å². The van der Waals surface area contributed by atoms with Crippen molar-refractivity contribution in [3.8, 4) is 0 Å². The average molecular weight is 318 g/mol. The van der Waals surface area contributed by atoms with Gasteiger partial charge in [-0.3, -0.25) is 9.88 Å². The summed E-state index contributed by atoms with van der Waals surface area (Å²) in [5.74, 6) is 0. The molecule has 1 aromatic heterocycles. The topological polar surface area (TPSA) is 62.7 Å². The second-order valence-corrected chi connectivity index (χ2v) is 7.11. The zero-order valence-corrected chi connectivity index (χ0v) is 14.5. The van der Waals surface area contributed by atoms with Gasteiger partial charge >= 0.3 is 6.09 Å². The van der Waals surface area contributed by atoms with Crippen LogP contribution >= 0.6 is 0 Å². The van der Waals surface area contributed by atoms with Crippen molar-refractivity contribution in [1.29, 1.82) is 0 Å². The van der Waals surface area contributed by atoms with Crippen molar-refractivity contribution in [3.05, 3.63) is 41.9 Å². The predicted molar refractivity (Wildman–Crippen MR) is 88.7 cm³/mol. The minimum absolute atomic E-state index is 0.184. The SMILES string of the molecule is C/C=C1/CC(O)(c2ccccn2)CC(C)N1C(=O)OC(C)(C)C. The van der Waals surface area contributed by atoms with Crippen LogP contribution in [0.3, 0.4) is 0 Å². The van der Waals surface area contributed by atoms with Gasteiger partial charge in [-0.25, -0.2) is 4.79 Å². The molecule has 2 unspecified atom stereocenters. The first kappa shape index (κ1) is 17.5. The number of nitrogens with zero attached hydrogens (tertiary/aromatic N) is 2. The second-order valence-electron chi connectivity index (χ2n) is 7.11. The van der Waals surface area contributed by atoms with Crippen LogP contribution in [0.1, 0.15) is 53.2 Å². The van der Waals surface area contributed by atoms with Crippen LogP contribution in [-0.4, -0.2) is 32.7 Å². The third-order valence-corrected chi connectivity index (χ3v) is 3.92. The van der Waals surface area contributed by atoms with E-state index in [4.69, 9.17) is 4.74 Å². The number of likely N-dealkylation sites (tertiary alicyclic amines) is 1. The number of hydrogen-bond donors (Lipinski definition) is 1. The van der Waals surface area contributed by atoms with E-state index in [-0.39, 0.29) is 12.1 Å². The van der Waals surface area contributed by atoms with Crippen molar-refractivity contribution in [2.45, 2.75) is 64.7 Å². The Kier molecular flexibility index (Phi) is 4.80. The van der Waals surface area contributed by atoms with Gasteiger partial charge in [0.2, 0.25) is 0 Å². The molecule has 1 N–H and O–H groups in total. The summed E-state index contributed by atoms with van der Waals surface area (Å²) in [4.78, 5) is 18.4. The lowest BCUT2D eigenvalue weighted by Crippen LogP contribution is -2.50. The largest absolute Gasteiger partial charge is 0.443 e. The summed E-state index contributed by atoms with van der Waals surface area (Å²) in [6.45, 7) is 9.32. The third-order valence-electron chi connectivity index (χ3n) is 3.92. The van der Waals surface area contributed by atoms with Gasteiger partial charge in [0, 0.05) is 30.8 Å². The maximum atomic E-state index is 12.5. The van der Waals surface area contributed by atoms with Crippen molar-refractivity contribution in [2.24, 2.45) is 0 Å². The van der Waals surface area contributed by atoms with Gasteiger partial charge in [0.15, 0.2) is 0 Å². The summed E-state index contributed by atoms with van der Waals surface area (Å²) < 4.78 is 5.50. The molecular formula is C18H26N2O3. The Labute approximate surface area is 138 Å². The van der Waals surface area contributed by atoms with Gasteiger partial charge in [-0.15, -0.1) is 0 Å². The van der Waals surface area contributed by atoms with Crippen LogP contribution in [0.25, 0.3) is 0 Å². The summed E-state index contributed by atoms with van der Waals surface area (Å²) in [6, 6.07) is 5.32. The normalized spacial score (nSPS) is 27.1. The molecule has 0 aliphatic carbocycles. The Morgan fingerprint density at radius 2 is 2.17 bits per heavy atom. The van der Waals surface area contributed by atoms with E-state index in [0.717, 1.165) is 5.70 Å². The number of carbonyl (C=O) groups is 1. The fourth-order valence-electron chi connectivity index (χ4n) is 3.00. The number of aromatic nitrogens is 1. The molecule has 23 heavy (non-hydrogen) atoms. The molecular weight excluding hydrogens is 292 g/mol. The third kappa shape index (κ3) is 3.91. The molecule has 2 atom stereocenters. The number of rotatable bonds is 1.